The van der Waals surface area contributed by atoms with E-state index in [0.29, 0.717) is 24.0 Å². The van der Waals surface area contributed by atoms with Crippen LogP contribution < -0.4 is 5.73 Å². The quantitative estimate of drug-likeness (QED) is 0.471. The highest BCUT2D eigenvalue weighted by atomic mass is 79.9. The number of aryl methyl sites for hydroxylation is 1. The Morgan fingerprint density at radius 2 is 2.38 bits per heavy atom. The number of nitrogens with two attached hydrogens (primary N) is 1. The second-order valence-electron chi connectivity index (χ2n) is 3.12. The molecule has 0 aliphatic rings. The monoisotopic (exact) mass is 290 g/mol. The van der Waals surface area contributed by atoms with E-state index in [4.69, 9.17) is 5.73 Å². The van der Waals surface area contributed by atoms with Crippen molar-refractivity contribution in [3.63, 3.8) is 0 Å². The van der Waals surface area contributed by atoms with Crippen LogP contribution in [0.3, 0.4) is 0 Å². The van der Waals surface area contributed by atoms with Gasteiger partial charge in [-0.25, -0.2) is 0 Å². The molecule has 8 heteroatoms. The second-order valence-corrected chi connectivity index (χ2v) is 3.91. The molecule has 0 unspecified atom stereocenters. The number of hydrogen-bond acceptors (Lipinski definition) is 4. The smallest absolute Gasteiger partial charge is 0.370 e. The molecule has 0 saturated carbocycles. The van der Waals surface area contributed by atoms with Crippen molar-refractivity contribution >= 4 is 27.7 Å². The normalized spacial score (nSPS) is 10.3. The number of rotatable bonds is 6. The zero-order chi connectivity index (χ0) is 12.1. The van der Waals surface area contributed by atoms with E-state index in [2.05, 4.69) is 20.9 Å². The number of nitro groups is 1. The van der Waals surface area contributed by atoms with E-state index >= 15 is 0 Å². The molecule has 0 aromatic carbocycles. The maximum atomic E-state index is 10.7. The van der Waals surface area contributed by atoms with Crippen LogP contribution >= 0.6 is 15.9 Å². The fraction of sp³-hybridized carbons (Fsp3) is 0.500. The molecule has 1 amide bonds. The molecule has 0 atom stereocenters. The van der Waals surface area contributed by atoms with Gasteiger partial charge in [0.2, 0.25) is 12.2 Å². The third-order valence-electron chi connectivity index (χ3n) is 2.03. The molecule has 7 nitrogen and oxygen atoms in total. The van der Waals surface area contributed by atoms with Crippen LogP contribution in [0.15, 0.2) is 6.33 Å². The van der Waals surface area contributed by atoms with Gasteiger partial charge in [0.25, 0.3) is 0 Å². The van der Waals surface area contributed by atoms with E-state index < -0.39 is 10.8 Å². The molecule has 16 heavy (non-hydrogen) atoms. The SMILES string of the molecule is NC(=O)CCn1cnc([N+](=O)[O-])c1CCBr. The van der Waals surface area contributed by atoms with Crippen molar-refractivity contribution in [2.24, 2.45) is 5.73 Å². The standard InChI is InChI=1S/C8H11BrN4O3/c9-3-1-6-8(13(15)16)11-5-12(6)4-2-7(10)14/h5H,1-4H2,(H2,10,14). The predicted octanol–water partition coefficient (Wildman–Crippen LogP) is 0.604. The minimum atomic E-state index is -0.529. The summed E-state index contributed by atoms with van der Waals surface area (Å²) in [6, 6.07) is 0. The lowest BCUT2D eigenvalue weighted by Gasteiger charge is -2.03. The van der Waals surface area contributed by atoms with Gasteiger partial charge >= 0.3 is 5.82 Å². The Morgan fingerprint density at radius 3 is 2.88 bits per heavy atom. The first kappa shape index (κ1) is 12.6. The maximum absolute atomic E-state index is 10.7. The summed E-state index contributed by atoms with van der Waals surface area (Å²) in [5.74, 6) is -0.606. The first-order valence-corrected chi connectivity index (χ1v) is 5.71. The molecule has 0 aliphatic carbocycles. The van der Waals surface area contributed by atoms with Crippen LogP contribution in [-0.4, -0.2) is 25.7 Å². The molecule has 0 bridgehead atoms. The van der Waals surface area contributed by atoms with Crippen LogP contribution in [0.1, 0.15) is 12.1 Å². The summed E-state index contributed by atoms with van der Waals surface area (Å²) in [5, 5.41) is 11.3. The Hall–Kier alpha value is -1.44. The van der Waals surface area contributed by atoms with Gasteiger partial charge < -0.3 is 20.4 Å². The lowest BCUT2D eigenvalue weighted by molar-refractivity contribution is -0.390. The van der Waals surface area contributed by atoms with Crippen molar-refractivity contribution in [1.29, 1.82) is 0 Å². The fourth-order valence-corrected chi connectivity index (χ4v) is 1.69. The van der Waals surface area contributed by atoms with Gasteiger partial charge in [-0.05, 0) is 9.91 Å². The minimum Gasteiger partial charge on any atom is -0.370 e. The van der Waals surface area contributed by atoms with Crippen molar-refractivity contribution in [3.05, 3.63) is 22.1 Å². The summed E-state index contributed by atoms with van der Waals surface area (Å²) in [4.78, 5) is 24.5. The van der Waals surface area contributed by atoms with Gasteiger partial charge in [-0.1, -0.05) is 15.9 Å². The second kappa shape index (κ2) is 5.59. The molecule has 88 valence electrons. The number of hydrogen-bond donors (Lipinski definition) is 1. The van der Waals surface area contributed by atoms with Crippen molar-refractivity contribution in [1.82, 2.24) is 9.55 Å². The Balaban J connectivity index is 2.90. The number of amides is 1. The highest BCUT2D eigenvalue weighted by Crippen LogP contribution is 2.17. The van der Waals surface area contributed by atoms with Gasteiger partial charge in [0.15, 0.2) is 0 Å². The molecule has 0 radical (unpaired) electrons. The zero-order valence-corrected chi connectivity index (χ0v) is 10.0. The van der Waals surface area contributed by atoms with Crippen molar-refractivity contribution in [2.75, 3.05) is 5.33 Å². The van der Waals surface area contributed by atoms with Crippen LogP contribution in [0.4, 0.5) is 5.82 Å². The molecular weight excluding hydrogens is 280 g/mol. The Kier molecular flexibility index (Phi) is 4.41. The van der Waals surface area contributed by atoms with Crippen LogP contribution in [0.25, 0.3) is 0 Å². The van der Waals surface area contributed by atoms with Gasteiger partial charge in [0.1, 0.15) is 5.69 Å². The highest BCUT2D eigenvalue weighted by molar-refractivity contribution is 9.09. The minimum absolute atomic E-state index is 0.142. The maximum Gasteiger partial charge on any atom is 0.384 e. The zero-order valence-electron chi connectivity index (χ0n) is 8.43. The number of alkyl halides is 1. The van der Waals surface area contributed by atoms with Crippen molar-refractivity contribution in [3.8, 4) is 0 Å². The Bertz CT molecular complexity index is 404. The van der Waals surface area contributed by atoms with Crippen molar-refractivity contribution < 1.29 is 9.72 Å². The van der Waals surface area contributed by atoms with Crippen LogP contribution in [0.5, 0.6) is 0 Å². The van der Waals surface area contributed by atoms with Crippen molar-refractivity contribution in [2.45, 2.75) is 19.4 Å². The third-order valence-corrected chi connectivity index (χ3v) is 2.42. The van der Waals surface area contributed by atoms with Gasteiger partial charge in [-0.3, -0.25) is 4.79 Å². The Labute approximate surface area is 99.9 Å². The van der Waals surface area contributed by atoms with Gasteiger partial charge in [0, 0.05) is 24.7 Å². The van der Waals surface area contributed by atoms with Crippen LogP contribution in [0, 0.1) is 10.1 Å². The Morgan fingerprint density at radius 1 is 1.69 bits per heavy atom. The number of carbonyl (C=O) groups is 1. The summed E-state index contributed by atoms with van der Waals surface area (Å²) in [5.41, 5.74) is 5.52. The summed E-state index contributed by atoms with van der Waals surface area (Å²) in [6.45, 7) is 0.318. The van der Waals surface area contributed by atoms with E-state index in [0.717, 1.165) is 0 Å². The van der Waals surface area contributed by atoms with Crippen LogP contribution in [-0.2, 0) is 17.8 Å². The van der Waals surface area contributed by atoms with Gasteiger partial charge in [-0.15, -0.1) is 0 Å². The molecule has 1 rings (SSSR count). The number of imidazole rings is 1. The molecule has 0 saturated heterocycles. The van der Waals surface area contributed by atoms with E-state index in [9.17, 15) is 14.9 Å². The largest absolute Gasteiger partial charge is 0.384 e. The number of primary amides is 1. The molecule has 1 heterocycles. The first-order chi connectivity index (χ1) is 7.56. The predicted molar refractivity (Wildman–Crippen MR) is 60.2 cm³/mol. The van der Waals surface area contributed by atoms with Crippen LogP contribution in [0.2, 0.25) is 0 Å². The van der Waals surface area contributed by atoms with E-state index in [1.165, 1.54) is 6.33 Å². The lowest BCUT2D eigenvalue weighted by Crippen LogP contribution is -2.15. The first-order valence-electron chi connectivity index (χ1n) is 4.59. The fourth-order valence-electron chi connectivity index (χ4n) is 1.32. The van der Waals surface area contributed by atoms with Gasteiger partial charge in [-0.2, -0.15) is 0 Å². The number of aromatic nitrogens is 2. The van der Waals surface area contributed by atoms with E-state index in [1.54, 1.807) is 4.57 Å². The van der Waals surface area contributed by atoms with E-state index in [1.807, 2.05) is 0 Å². The third kappa shape index (κ3) is 3.02. The van der Waals surface area contributed by atoms with Gasteiger partial charge in [0.05, 0.1) is 0 Å². The number of halogens is 1. The lowest BCUT2D eigenvalue weighted by atomic mass is 10.3. The number of nitrogens with zero attached hydrogens (tertiary/aromatic N) is 3. The summed E-state index contributed by atoms with van der Waals surface area (Å²) >= 11 is 3.21. The molecule has 1 aromatic heterocycles. The summed E-state index contributed by atoms with van der Waals surface area (Å²) in [7, 11) is 0. The average molecular weight is 291 g/mol. The molecule has 1 aromatic rings. The molecule has 0 fully saturated rings. The highest BCUT2D eigenvalue weighted by Gasteiger charge is 2.20. The summed E-state index contributed by atoms with van der Waals surface area (Å²) in [6.07, 6.45) is 1.98. The summed E-state index contributed by atoms with van der Waals surface area (Å²) < 4.78 is 1.59. The molecular formula is C8H11BrN4O3. The van der Waals surface area contributed by atoms with E-state index in [-0.39, 0.29) is 12.2 Å². The molecule has 2 N–H and O–H groups in total. The number of carbonyl (C=O) groups excluding carboxylic acids is 1. The topological polar surface area (TPSA) is 104 Å². The average Bonchev–Trinajstić information content (AvgIpc) is 2.59. The molecule has 0 spiro atoms. The molecule has 0 aliphatic heterocycles.